The third-order valence-corrected chi connectivity index (χ3v) is 5.44. The summed E-state index contributed by atoms with van der Waals surface area (Å²) in [5, 5.41) is -0.0192. The highest BCUT2D eigenvalue weighted by Crippen LogP contribution is 2.24. The Morgan fingerprint density at radius 2 is 1.29 bits per heavy atom. The lowest BCUT2D eigenvalue weighted by atomic mass is 10.0. The number of benzene rings is 4. The number of rotatable bonds is 5. The van der Waals surface area contributed by atoms with Gasteiger partial charge in [0.2, 0.25) is 0 Å². The molecule has 0 unspecified atom stereocenters. The summed E-state index contributed by atoms with van der Waals surface area (Å²) >= 11 is 0. The highest BCUT2D eigenvalue weighted by molar-refractivity contribution is 5.84. The summed E-state index contributed by atoms with van der Waals surface area (Å²) in [6, 6.07) is 15.1. The van der Waals surface area contributed by atoms with Gasteiger partial charge in [0.1, 0.15) is 11.6 Å². The molecule has 0 saturated carbocycles. The lowest BCUT2D eigenvalue weighted by Gasteiger charge is -2.06. The molecule has 0 radical (unpaired) electrons. The van der Waals surface area contributed by atoms with E-state index in [9.17, 15) is 22.0 Å². The summed E-state index contributed by atoms with van der Waals surface area (Å²) in [4.78, 5) is 0. The van der Waals surface area contributed by atoms with Crippen LogP contribution in [-0.2, 0) is 24.2 Å². The van der Waals surface area contributed by atoms with Crippen molar-refractivity contribution in [2.24, 2.45) is 0 Å². The van der Waals surface area contributed by atoms with Crippen LogP contribution in [0, 0.1) is 40.9 Å². The van der Waals surface area contributed by atoms with E-state index in [1.165, 1.54) is 30.3 Å². The molecule has 4 aromatic rings. The van der Waals surface area contributed by atoms with E-state index >= 15 is 0 Å². The lowest BCUT2D eigenvalue weighted by Crippen LogP contribution is -1.98. The molecule has 4 rings (SSSR count). The molecule has 0 aliphatic carbocycles. The largest absolute Gasteiger partial charge is 0.380 e. The minimum atomic E-state index is -1.56. The van der Waals surface area contributed by atoms with E-state index < -0.39 is 34.6 Å². The van der Waals surface area contributed by atoms with Crippen LogP contribution in [-0.4, -0.2) is 7.11 Å². The average molecular weight is 466 g/mol. The minimum Gasteiger partial charge on any atom is -0.380 e. The van der Waals surface area contributed by atoms with Gasteiger partial charge in [-0.3, -0.25) is 0 Å². The number of hydrogen-bond acceptors (Lipinski definition) is 1. The van der Waals surface area contributed by atoms with Gasteiger partial charge in [-0.15, -0.1) is 0 Å². The van der Waals surface area contributed by atoms with Gasteiger partial charge in [0, 0.05) is 18.1 Å². The zero-order valence-corrected chi connectivity index (χ0v) is 18.2. The first-order valence-electron chi connectivity index (χ1n) is 10.5. The molecule has 0 spiro atoms. The molecule has 0 bridgehead atoms. The Bertz CT molecular complexity index is 1390. The Labute approximate surface area is 193 Å². The normalized spacial score (nSPS) is 10.9. The van der Waals surface area contributed by atoms with Crippen LogP contribution >= 0.6 is 0 Å². The van der Waals surface area contributed by atoms with Crippen molar-refractivity contribution >= 4 is 10.8 Å². The smallest absolute Gasteiger partial charge is 0.195 e. The summed E-state index contributed by atoms with van der Waals surface area (Å²) in [5.41, 5.74) is 2.45. The summed E-state index contributed by atoms with van der Waals surface area (Å²) in [6.07, 6.45) is 1.06. The first-order chi connectivity index (χ1) is 16.4. The molecule has 4 aromatic carbocycles. The number of ether oxygens (including phenoxy) is 1. The van der Waals surface area contributed by atoms with Crippen LogP contribution in [0.15, 0.2) is 60.7 Å². The SMILES string of the molecule is COCc1ccc(CCc2cc(F)c(C#Cc3ccc4c(F)c(F)c(F)cc4c3)c(F)c2)cc1. The predicted molar refractivity (Wildman–Crippen MR) is 121 cm³/mol. The number of fused-ring (bicyclic) bond motifs is 1. The average Bonchev–Trinajstić information content (AvgIpc) is 2.82. The zero-order chi connectivity index (χ0) is 24.2. The van der Waals surface area contributed by atoms with Gasteiger partial charge in [0.05, 0.1) is 12.2 Å². The van der Waals surface area contributed by atoms with Crippen molar-refractivity contribution in [2.45, 2.75) is 19.4 Å². The van der Waals surface area contributed by atoms with Crippen LogP contribution < -0.4 is 0 Å². The standard InChI is InChI=1S/C28H19F5O/c1-34-16-19-5-2-17(3-6-19)4-7-20-13-24(29)23(25(30)14-20)11-9-18-8-10-22-21(12-18)15-26(31)28(33)27(22)32/h2-3,5-6,8,10,12-15H,4,7,16H2,1H3. The quantitative estimate of drug-likeness (QED) is 0.177. The van der Waals surface area contributed by atoms with Gasteiger partial charge in [-0.2, -0.15) is 0 Å². The highest BCUT2D eigenvalue weighted by Gasteiger charge is 2.14. The molecule has 0 aliphatic heterocycles. The number of methoxy groups -OCH3 is 1. The Hall–Kier alpha value is -3.69. The van der Waals surface area contributed by atoms with Crippen LogP contribution in [0.1, 0.15) is 27.8 Å². The number of halogens is 5. The van der Waals surface area contributed by atoms with Crippen LogP contribution in [0.5, 0.6) is 0 Å². The van der Waals surface area contributed by atoms with E-state index in [1.54, 1.807) is 7.11 Å². The van der Waals surface area contributed by atoms with Crippen LogP contribution in [0.4, 0.5) is 22.0 Å². The van der Waals surface area contributed by atoms with Crippen LogP contribution in [0.3, 0.4) is 0 Å². The number of hydrogen-bond donors (Lipinski definition) is 0. The van der Waals surface area contributed by atoms with E-state index in [0.29, 0.717) is 25.0 Å². The summed E-state index contributed by atoms with van der Waals surface area (Å²) < 4.78 is 75.0. The maximum Gasteiger partial charge on any atom is 0.195 e. The Morgan fingerprint density at radius 1 is 0.647 bits per heavy atom. The first-order valence-corrected chi connectivity index (χ1v) is 10.5. The van der Waals surface area contributed by atoms with Gasteiger partial charge < -0.3 is 4.74 Å². The summed E-state index contributed by atoms with van der Waals surface area (Å²) in [6.45, 7) is 0.519. The molecule has 0 aliphatic rings. The molecule has 0 atom stereocenters. The second kappa shape index (κ2) is 10.1. The van der Waals surface area contributed by atoms with Crippen molar-refractivity contribution in [3.05, 3.63) is 118 Å². The van der Waals surface area contributed by atoms with Gasteiger partial charge in [-0.25, -0.2) is 22.0 Å². The van der Waals surface area contributed by atoms with Gasteiger partial charge in [-0.1, -0.05) is 42.2 Å². The fraction of sp³-hybridized carbons (Fsp3) is 0.143. The molecule has 6 heteroatoms. The van der Waals surface area contributed by atoms with Crippen LogP contribution in [0.2, 0.25) is 0 Å². The van der Waals surface area contributed by atoms with Gasteiger partial charge in [0.25, 0.3) is 0 Å². The topological polar surface area (TPSA) is 9.23 Å². The molecule has 0 fully saturated rings. The second-order valence-electron chi connectivity index (χ2n) is 7.86. The first kappa shape index (κ1) is 23.5. The Morgan fingerprint density at radius 3 is 1.97 bits per heavy atom. The van der Waals surface area contributed by atoms with Gasteiger partial charge in [0.15, 0.2) is 17.5 Å². The van der Waals surface area contributed by atoms with Crippen molar-refractivity contribution in [1.29, 1.82) is 0 Å². The molecule has 0 N–H and O–H groups in total. The molecular formula is C28H19F5O. The number of aryl methyl sites for hydroxylation is 2. The van der Waals surface area contributed by atoms with Crippen molar-refractivity contribution in [3.8, 4) is 11.8 Å². The van der Waals surface area contributed by atoms with E-state index in [0.717, 1.165) is 17.2 Å². The van der Waals surface area contributed by atoms with Crippen molar-refractivity contribution in [1.82, 2.24) is 0 Å². The zero-order valence-electron chi connectivity index (χ0n) is 18.2. The molecular weight excluding hydrogens is 447 g/mol. The van der Waals surface area contributed by atoms with E-state index in [-0.39, 0.29) is 16.3 Å². The van der Waals surface area contributed by atoms with Gasteiger partial charge in [-0.05, 0) is 65.3 Å². The van der Waals surface area contributed by atoms with Gasteiger partial charge >= 0.3 is 0 Å². The molecule has 1 nitrogen and oxygen atoms in total. The lowest BCUT2D eigenvalue weighted by molar-refractivity contribution is 0.185. The highest BCUT2D eigenvalue weighted by atomic mass is 19.2. The van der Waals surface area contributed by atoms with Crippen molar-refractivity contribution in [3.63, 3.8) is 0 Å². The van der Waals surface area contributed by atoms with E-state index in [1.807, 2.05) is 24.3 Å². The maximum atomic E-state index is 14.6. The molecule has 172 valence electrons. The van der Waals surface area contributed by atoms with E-state index in [2.05, 4.69) is 11.8 Å². The summed E-state index contributed by atoms with van der Waals surface area (Å²) in [5.74, 6) is -0.716. The predicted octanol–water partition coefficient (Wildman–Crippen LogP) is 6.87. The minimum absolute atomic E-state index is 0.0924. The van der Waals surface area contributed by atoms with Crippen LogP contribution in [0.25, 0.3) is 10.8 Å². The fourth-order valence-corrected chi connectivity index (χ4v) is 3.66. The third-order valence-electron chi connectivity index (χ3n) is 5.44. The fourth-order valence-electron chi connectivity index (χ4n) is 3.66. The monoisotopic (exact) mass is 466 g/mol. The molecule has 0 aromatic heterocycles. The van der Waals surface area contributed by atoms with Crippen molar-refractivity contribution in [2.75, 3.05) is 7.11 Å². The molecule has 0 saturated heterocycles. The van der Waals surface area contributed by atoms with Crippen molar-refractivity contribution < 1.29 is 26.7 Å². The second-order valence-corrected chi connectivity index (χ2v) is 7.86. The molecule has 0 heterocycles. The van der Waals surface area contributed by atoms with E-state index in [4.69, 9.17) is 4.74 Å². The maximum absolute atomic E-state index is 14.6. The molecule has 0 amide bonds. The third kappa shape index (κ3) is 5.11. The summed E-state index contributed by atoms with van der Waals surface area (Å²) in [7, 11) is 1.62. The Balaban J connectivity index is 1.52. The molecule has 34 heavy (non-hydrogen) atoms. The Kier molecular flexibility index (Phi) is 6.95.